The maximum Gasteiger partial charge on any atom is 0.260 e. The molecule has 2 aromatic rings. The molecule has 3 rings (SSSR count). The van der Waals surface area contributed by atoms with Crippen LogP contribution in [0.25, 0.3) is 0 Å². The molecule has 0 N–H and O–H groups in total. The summed E-state index contributed by atoms with van der Waals surface area (Å²) in [6, 6.07) is 14.2. The summed E-state index contributed by atoms with van der Waals surface area (Å²) in [5.74, 6) is 0.922. The van der Waals surface area contributed by atoms with E-state index < -0.39 is 0 Å². The summed E-state index contributed by atoms with van der Waals surface area (Å²) < 4.78 is 10.8. The second kappa shape index (κ2) is 9.46. The molecule has 28 heavy (non-hydrogen) atoms. The molecule has 0 spiro atoms. The number of carbonyl (C=O) groups excluding carboxylic acids is 2. The topological polar surface area (TPSA) is 59.1 Å². The summed E-state index contributed by atoms with van der Waals surface area (Å²) in [4.78, 5) is 28.9. The summed E-state index contributed by atoms with van der Waals surface area (Å²) in [5, 5.41) is 0.480. The molecule has 1 aliphatic heterocycles. The minimum absolute atomic E-state index is 0.0138. The van der Waals surface area contributed by atoms with E-state index in [-0.39, 0.29) is 18.4 Å². The molecule has 0 radical (unpaired) electrons. The van der Waals surface area contributed by atoms with E-state index in [9.17, 15) is 9.59 Å². The van der Waals surface area contributed by atoms with Crippen molar-refractivity contribution in [1.82, 2.24) is 9.80 Å². The molecule has 0 aliphatic carbocycles. The van der Waals surface area contributed by atoms with Gasteiger partial charge in [-0.3, -0.25) is 9.59 Å². The lowest BCUT2D eigenvalue weighted by Crippen LogP contribution is -2.39. The van der Waals surface area contributed by atoms with E-state index >= 15 is 0 Å². The first-order valence-electron chi connectivity index (χ1n) is 9.17. The number of methoxy groups -OCH3 is 1. The zero-order chi connectivity index (χ0) is 19.9. The maximum atomic E-state index is 12.9. The smallest absolute Gasteiger partial charge is 0.260 e. The van der Waals surface area contributed by atoms with Crippen molar-refractivity contribution in [1.29, 1.82) is 0 Å². The highest BCUT2D eigenvalue weighted by molar-refractivity contribution is 6.31. The van der Waals surface area contributed by atoms with Gasteiger partial charge < -0.3 is 19.3 Å². The molecule has 0 saturated carbocycles. The fraction of sp³-hybridized carbons (Fsp3) is 0.333. The first-order valence-corrected chi connectivity index (χ1v) is 9.54. The fourth-order valence-electron chi connectivity index (χ4n) is 3.14. The second-order valence-corrected chi connectivity index (χ2v) is 6.91. The molecule has 6 nitrogen and oxygen atoms in total. The van der Waals surface area contributed by atoms with Gasteiger partial charge in [0.15, 0.2) is 6.61 Å². The van der Waals surface area contributed by atoms with Crippen LogP contribution in [0.15, 0.2) is 48.5 Å². The van der Waals surface area contributed by atoms with Gasteiger partial charge in [-0.1, -0.05) is 29.8 Å². The first-order chi connectivity index (χ1) is 13.6. The monoisotopic (exact) mass is 402 g/mol. The molecule has 7 heteroatoms. The average molecular weight is 403 g/mol. The first kappa shape index (κ1) is 20.0. The standard InChI is InChI=1S/C21H23ClN2O4/c1-27-19-9-8-16(22)14-18(19)21(26)24-11-5-10-23(12-13-24)20(25)15-28-17-6-3-2-4-7-17/h2-4,6-9,14H,5,10-13,15H2,1H3. The summed E-state index contributed by atoms with van der Waals surface area (Å²) >= 11 is 6.05. The van der Waals surface area contributed by atoms with E-state index in [0.717, 1.165) is 0 Å². The lowest BCUT2D eigenvalue weighted by Gasteiger charge is -2.23. The van der Waals surface area contributed by atoms with Crippen molar-refractivity contribution in [3.63, 3.8) is 0 Å². The third-order valence-electron chi connectivity index (χ3n) is 4.63. The Morgan fingerprint density at radius 2 is 1.71 bits per heavy atom. The Labute approximate surface area is 169 Å². The van der Waals surface area contributed by atoms with E-state index in [4.69, 9.17) is 21.1 Å². The van der Waals surface area contributed by atoms with Gasteiger partial charge in [-0.15, -0.1) is 0 Å². The van der Waals surface area contributed by atoms with Gasteiger partial charge in [-0.25, -0.2) is 0 Å². The van der Waals surface area contributed by atoms with Crippen LogP contribution in [0.2, 0.25) is 5.02 Å². The van der Waals surface area contributed by atoms with Crippen LogP contribution in [0, 0.1) is 0 Å². The third kappa shape index (κ3) is 4.95. The molecule has 1 saturated heterocycles. The van der Waals surface area contributed by atoms with Gasteiger partial charge in [0.2, 0.25) is 0 Å². The molecule has 2 aromatic carbocycles. The van der Waals surface area contributed by atoms with Crippen LogP contribution in [0.3, 0.4) is 0 Å². The highest BCUT2D eigenvalue weighted by Gasteiger charge is 2.25. The zero-order valence-electron chi connectivity index (χ0n) is 15.8. The Balaban J connectivity index is 1.59. The number of ether oxygens (including phenoxy) is 2. The largest absolute Gasteiger partial charge is 0.496 e. The van der Waals surface area contributed by atoms with E-state index in [1.54, 1.807) is 28.0 Å². The quantitative estimate of drug-likeness (QED) is 0.771. The molecule has 0 bridgehead atoms. The normalized spacial score (nSPS) is 14.4. The van der Waals surface area contributed by atoms with Crippen molar-refractivity contribution in [3.8, 4) is 11.5 Å². The van der Waals surface area contributed by atoms with Crippen LogP contribution in [-0.2, 0) is 4.79 Å². The van der Waals surface area contributed by atoms with E-state index in [1.807, 2.05) is 30.3 Å². The van der Waals surface area contributed by atoms with Crippen LogP contribution in [0.4, 0.5) is 0 Å². The van der Waals surface area contributed by atoms with Crippen LogP contribution in [0.5, 0.6) is 11.5 Å². The summed E-state index contributed by atoms with van der Waals surface area (Å²) in [6.07, 6.45) is 0.700. The van der Waals surface area contributed by atoms with Gasteiger partial charge in [0, 0.05) is 31.2 Å². The number of para-hydroxylation sites is 1. The van der Waals surface area contributed by atoms with Crippen LogP contribution < -0.4 is 9.47 Å². The van der Waals surface area contributed by atoms with Gasteiger partial charge in [-0.2, -0.15) is 0 Å². The number of nitrogens with zero attached hydrogens (tertiary/aromatic N) is 2. The van der Waals surface area contributed by atoms with Crippen molar-refractivity contribution in [2.75, 3.05) is 39.9 Å². The number of carbonyl (C=O) groups is 2. The van der Waals surface area contributed by atoms with E-state index in [2.05, 4.69) is 0 Å². The third-order valence-corrected chi connectivity index (χ3v) is 4.87. The Hall–Kier alpha value is -2.73. The van der Waals surface area contributed by atoms with Gasteiger partial charge >= 0.3 is 0 Å². The molecule has 2 amide bonds. The van der Waals surface area contributed by atoms with Gasteiger partial charge in [0.05, 0.1) is 12.7 Å². The lowest BCUT2D eigenvalue weighted by molar-refractivity contribution is -0.133. The van der Waals surface area contributed by atoms with Crippen LogP contribution >= 0.6 is 11.6 Å². The maximum absolute atomic E-state index is 12.9. The SMILES string of the molecule is COc1ccc(Cl)cc1C(=O)N1CCCN(C(=O)COc2ccccc2)CC1. The zero-order valence-corrected chi connectivity index (χ0v) is 16.5. The predicted octanol–water partition coefficient (Wildman–Crippen LogP) is 3.10. The number of rotatable bonds is 5. The number of halogens is 1. The molecule has 1 aliphatic rings. The lowest BCUT2D eigenvalue weighted by atomic mass is 10.1. The minimum Gasteiger partial charge on any atom is -0.496 e. The highest BCUT2D eigenvalue weighted by atomic mass is 35.5. The van der Waals surface area contributed by atoms with Gasteiger partial charge in [0.1, 0.15) is 11.5 Å². The van der Waals surface area contributed by atoms with E-state index in [0.29, 0.717) is 54.7 Å². The van der Waals surface area contributed by atoms with Crippen molar-refractivity contribution in [2.24, 2.45) is 0 Å². The van der Waals surface area contributed by atoms with Crippen molar-refractivity contribution in [2.45, 2.75) is 6.42 Å². The number of benzene rings is 2. The Kier molecular flexibility index (Phi) is 6.76. The van der Waals surface area contributed by atoms with E-state index in [1.165, 1.54) is 7.11 Å². The minimum atomic E-state index is -0.144. The summed E-state index contributed by atoms with van der Waals surface area (Å²) in [6.45, 7) is 2.06. The van der Waals surface area contributed by atoms with Gasteiger partial charge in [-0.05, 0) is 36.8 Å². The average Bonchev–Trinajstić information content (AvgIpc) is 2.98. The summed E-state index contributed by atoms with van der Waals surface area (Å²) in [7, 11) is 1.52. The van der Waals surface area contributed by atoms with Crippen LogP contribution in [0.1, 0.15) is 16.8 Å². The van der Waals surface area contributed by atoms with Gasteiger partial charge in [0.25, 0.3) is 11.8 Å². The molecular formula is C21H23ClN2O4. The number of amides is 2. The second-order valence-electron chi connectivity index (χ2n) is 6.47. The molecule has 148 valence electrons. The molecule has 0 atom stereocenters. The Morgan fingerprint density at radius 3 is 2.46 bits per heavy atom. The molecule has 0 unspecified atom stereocenters. The molecule has 0 aromatic heterocycles. The number of hydrogen-bond acceptors (Lipinski definition) is 4. The fourth-order valence-corrected chi connectivity index (χ4v) is 3.31. The van der Waals surface area contributed by atoms with Crippen molar-refractivity contribution >= 4 is 23.4 Å². The molecular weight excluding hydrogens is 380 g/mol. The Bertz CT molecular complexity index is 828. The Morgan fingerprint density at radius 1 is 1.00 bits per heavy atom. The highest BCUT2D eigenvalue weighted by Crippen LogP contribution is 2.24. The van der Waals surface area contributed by atoms with Crippen molar-refractivity contribution < 1.29 is 19.1 Å². The predicted molar refractivity (Wildman–Crippen MR) is 107 cm³/mol. The van der Waals surface area contributed by atoms with Crippen LogP contribution in [-0.4, -0.2) is 61.5 Å². The number of hydrogen-bond donors (Lipinski definition) is 0. The summed E-state index contributed by atoms with van der Waals surface area (Å²) in [5.41, 5.74) is 0.433. The molecule has 1 heterocycles. The van der Waals surface area contributed by atoms with Crippen molar-refractivity contribution in [3.05, 3.63) is 59.1 Å². The molecule has 1 fully saturated rings.